The summed E-state index contributed by atoms with van der Waals surface area (Å²) in [6.07, 6.45) is 5.03. The zero-order valence-corrected chi connectivity index (χ0v) is 17.1. The molecule has 2 fully saturated rings. The second kappa shape index (κ2) is 10.1. The first kappa shape index (κ1) is 20.1. The number of ether oxygens (including phenoxy) is 3. The number of nitrogens with zero attached hydrogens (tertiary/aromatic N) is 2. The summed E-state index contributed by atoms with van der Waals surface area (Å²) in [5.74, 6) is 2.23. The third-order valence-corrected chi connectivity index (χ3v) is 4.62. The highest BCUT2D eigenvalue weighted by Gasteiger charge is 2.19. The minimum absolute atomic E-state index is 0. The van der Waals surface area contributed by atoms with Crippen LogP contribution < -0.4 is 15.2 Å². The molecular weight excluding hydrogens is 433 g/mol. The fourth-order valence-corrected chi connectivity index (χ4v) is 3.15. The predicted octanol–water partition coefficient (Wildman–Crippen LogP) is 2.78. The molecule has 1 aliphatic heterocycles. The molecule has 0 spiro atoms. The van der Waals surface area contributed by atoms with Crippen LogP contribution in [0.4, 0.5) is 0 Å². The molecule has 0 unspecified atom stereocenters. The van der Waals surface area contributed by atoms with Crippen LogP contribution in [0.3, 0.4) is 0 Å². The molecule has 7 heteroatoms. The molecule has 2 N–H and O–H groups in total. The van der Waals surface area contributed by atoms with Crippen LogP contribution in [0.15, 0.2) is 23.2 Å². The summed E-state index contributed by atoms with van der Waals surface area (Å²) in [7, 11) is 1.67. The van der Waals surface area contributed by atoms with Crippen molar-refractivity contribution >= 4 is 29.9 Å². The maximum atomic E-state index is 6.20. The monoisotopic (exact) mass is 461 g/mol. The molecular formula is C18H28IN3O3. The van der Waals surface area contributed by atoms with Gasteiger partial charge >= 0.3 is 0 Å². The van der Waals surface area contributed by atoms with E-state index in [1.54, 1.807) is 7.11 Å². The van der Waals surface area contributed by atoms with Gasteiger partial charge in [0.15, 0.2) is 5.96 Å². The first-order chi connectivity index (χ1) is 11.8. The van der Waals surface area contributed by atoms with Gasteiger partial charge in [0.2, 0.25) is 0 Å². The summed E-state index contributed by atoms with van der Waals surface area (Å²) in [5.41, 5.74) is 7.16. The molecule has 2 aliphatic rings. The highest BCUT2D eigenvalue weighted by atomic mass is 127. The number of methoxy groups -OCH3 is 1. The fraction of sp³-hybridized carbons (Fsp3) is 0.611. The molecule has 0 aromatic heterocycles. The molecule has 1 saturated heterocycles. The van der Waals surface area contributed by atoms with Gasteiger partial charge in [0.1, 0.15) is 11.5 Å². The molecule has 1 heterocycles. The molecule has 0 atom stereocenters. The molecule has 1 aliphatic carbocycles. The van der Waals surface area contributed by atoms with Crippen molar-refractivity contribution in [1.29, 1.82) is 0 Å². The van der Waals surface area contributed by atoms with Gasteiger partial charge in [-0.3, -0.25) is 0 Å². The van der Waals surface area contributed by atoms with E-state index in [9.17, 15) is 0 Å². The lowest BCUT2D eigenvalue weighted by atomic mass is 10.2. The molecule has 0 amide bonds. The first-order valence-corrected chi connectivity index (χ1v) is 8.72. The Morgan fingerprint density at radius 2 is 2.00 bits per heavy atom. The van der Waals surface area contributed by atoms with Crippen LogP contribution >= 0.6 is 24.0 Å². The van der Waals surface area contributed by atoms with E-state index in [-0.39, 0.29) is 24.0 Å². The number of nitrogens with two attached hydrogens (primary N) is 1. The second-order valence-corrected chi connectivity index (χ2v) is 6.27. The fourth-order valence-electron chi connectivity index (χ4n) is 3.15. The lowest BCUT2D eigenvalue weighted by Gasteiger charge is -2.27. The van der Waals surface area contributed by atoms with Crippen LogP contribution in [0.25, 0.3) is 0 Å². The van der Waals surface area contributed by atoms with Gasteiger partial charge in [-0.2, -0.15) is 0 Å². The third-order valence-electron chi connectivity index (χ3n) is 4.62. The number of hydrogen-bond donors (Lipinski definition) is 1. The molecule has 3 rings (SSSR count). The summed E-state index contributed by atoms with van der Waals surface area (Å²) < 4.78 is 16.9. The number of guanidine groups is 1. The van der Waals surface area contributed by atoms with Gasteiger partial charge in [0, 0.05) is 24.7 Å². The zero-order valence-electron chi connectivity index (χ0n) is 14.8. The van der Waals surface area contributed by atoms with Crippen molar-refractivity contribution in [1.82, 2.24) is 4.90 Å². The van der Waals surface area contributed by atoms with Crippen LogP contribution in [0.5, 0.6) is 11.5 Å². The first-order valence-electron chi connectivity index (χ1n) is 8.72. The van der Waals surface area contributed by atoms with Crippen LogP contribution in [-0.2, 0) is 11.3 Å². The molecule has 1 saturated carbocycles. The SMILES string of the molecule is COc1ccc(CN=C(N)N2CCOCC2)c(OC2CCCC2)c1.I. The summed E-state index contributed by atoms with van der Waals surface area (Å²) >= 11 is 0. The Morgan fingerprint density at radius 3 is 2.68 bits per heavy atom. The van der Waals surface area contributed by atoms with Gasteiger partial charge in [0.05, 0.1) is 33.0 Å². The normalized spacial score (nSPS) is 18.8. The third kappa shape index (κ3) is 5.64. The summed E-state index contributed by atoms with van der Waals surface area (Å²) in [6, 6.07) is 5.91. The number of halogens is 1. The van der Waals surface area contributed by atoms with E-state index in [1.807, 2.05) is 18.2 Å². The smallest absolute Gasteiger partial charge is 0.191 e. The average molecular weight is 461 g/mol. The van der Waals surface area contributed by atoms with E-state index in [4.69, 9.17) is 19.9 Å². The van der Waals surface area contributed by atoms with Gasteiger partial charge in [-0.15, -0.1) is 24.0 Å². The summed E-state index contributed by atoms with van der Waals surface area (Å²) in [6.45, 7) is 3.51. The Hall–Kier alpha value is -1.22. The van der Waals surface area contributed by atoms with Gasteiger partial charge in [-0.05, 0) is 37.8 Å². The Kier molecular flexibility index (Phi) is 8.08. The van der Waals surface area contributed by atoms with E-state index in [0.717, 1.165) is 43.0 Å². The number of hydrogen-bond acceptors (Lipinski definition) is 4. The minimum Gasteiger partial charge on any atom is -0.497 e. The molecule has 25 heavy (non-hydrogen) atoms. The Balaban J connectivity index is 0.00000225. The second-order valence-electron chi connectivity index (χ2n) is 6.27. The Labute approximate surface area is 166 Å². The minimum atomic E-state index is 0. The van der Waals surface area contributed by atoms with Crippen molar-refractivity contribution in [2.24, 2.45) is 10.7 Å². The molecule has 140 valence electrons. The zero-order chi connectivity index (χ0) is 16.8. The van der Waals surface area contributed by atoms with E-state index in [1.165, 1.54) is 12.8 Å². The van der Waals surface area contributed by atoms with Crippen molar-refractivity contribution in [3.8, 4) is 11.5 Å². The van der Waals surface area contributed by atoms with Crippen LogP contribution in [-0.4, -0.2) is 50.4 Å². The lowest BCUT2D eigenvalue weighted by Crippen LogP contribution is -2.44. The highest BCUT2D eigenvalue weighted by molar-refractivity contribution is 14.0. The van der Waals surface area contributed by atoms with Gasteiger partial charge in [0.25, 0.3) is 0 Å². The van der Waals surface area contributed by atoms with E-state index in [2.05, 4.69) is 9.89 Å². The number of rotatable bonds is 5. The predicted molar refractivity (Wildman–Crippen MR) is 109 cm³/mol. The van der Waals surface area contributed by atoms with Gasteiger partial charge in [-0.25, -0.2) is 4.99 Å². The van der Waals surface area contributed by atoms with Crippen molar-refractivity contribution in [3.05, 3.63) is 23.8 Å². The highest BCUT2D eigenvalue weighted by Crippen LogP contribution is 2.30. The lowest BCUT2D eigenvalue weighted by molar-refractivity contribution is 0.0674. The maximum Gasteiger partial charge on any atom is 0.191 e. The summed E-state index contributed by atoms with van der Waals surface area (Å²) in [4.78, 5) is 6.61. The molecule has 6 nitrogen and oxygen atoms in total. The van der Waals surface area contributed by atoms with Crippen LogP contribution in [0, 0.1) is 0 Å². The van der Waals surface area contributed by atoms with Gasteiger partial charge in [-0.1, -0.05) is 0 Å². The molecule has 0 bridgehead atoms. The Morgan fingerprint density at radius 1 is 1.28 bits per heavy atom. The average Bonchev–Trinajstić information content (AvgIpc) is 3.14. The molecule has 1 aromatic rings. The summed E-state index contributed by atoms with van der Waals surface area (Å²) in [5, 5.41) is 0. The number of aliphatic imine (C=N–C) groups is 1. The van der Waals surface area contributed by atoms with Crippen LogP contribution in [0.2, 0.25) is 0 Å². The quantitative estimate of drug-likeness (QED) is 0.415. The largest absolute Gasteiger partial charge is 0.497 e. The Bertz CT molecular complexity index is 571. The van der Waals surface area contributed by atoms with Crippen molar-refractivity contribution < 1.29 is 14.2 Å². The van der Waals surface area contributed by atoms with Gasteiger partial charge < -0.3 is 24.8 Å². The van der Waals surface area contributed by atoms with E-state index >= 15 is 0 Å². The molecule has 1 aromatic carbocycles. The standard InChI is InChI=1S/C18H27N3O3.HI/c1-22-16-7-6-14(17(12-16)24-15-4-2-3-5-15)13-20-18(19)21-8-10-23-11-9-21;/h6-7,12,15H,2-5,8-11,13H2,1H3,(H2,19,20);1H. The van der Waals surface area contributed by atoms with E-state index in [0.29, 0.717) is 31.8 Å². The topological polar surface area (TPSA) is 69.3 Å². The number of morpholine rings is 1. The van der Waals surface area contributed by atoms with Crippen molar-refractivity contribution in [2.45, 2.75) is 38.3 Å². The number of benzene rings is 1. The van der Waals surface area contributed by atoms with E-state index < -0.39 is 0 Å². The van der Waals surface area contributed by atoms with Crippen molar-refractivity contribution in [3.63, 3.8) is 0 Å². The van der Waals surface area contributed by atoms with Crippen molar-refractivity contribution in [2.75, 3.05) is 33.4 Å². The van der Waals surface area contributed by atoms with Crippen LogP contribution in [0.1, 0.15) is 31.2 Å². The maximum absolute atomic E-state index is 6.20. The molecule has 0 radical (unpaired) electrons.